The Morgan fingerprint density at radius 3 is 2.68 bits per heavy atom. The van der Waals surface area contributed by atoms with Crippen LogP contribution in [0.15, 0.2) is 18.2 Å². The smallest absolute Gasteiger partial charge is 0.296 e. The molecule has 0 fully saturated rings. The average molecular weight is 309 g/mol. The Labute approximate surface area is 115 Å². The minimum absolute atomic E-state index is 0.165. The molecular weight excluding hydrogens is 296 g/mol. The van der Waals surface area contributed by atoms with Crippen LogP contribution < -0.4 is 4.72 Å². The standard InChI is InChI=1S/C10H13ClN2O5S/c1-7(5-11)6-19(17,18)12-9-3-2-8(14)4-10(9)13(15)16/h2-4,7,12,14H,5-6H2,1H3. The van der Waals surface area contributed by atoms with Gasteiger partial charge < -0.3 is 5.11 Å². The molecule has 19 heavy (non-hydrogen) atoms. The fraction of sp³-hybridized carbons (Fsp3) is 0.400. The van der Waals surface area contributed by atoms with Crippen molar-refractivity contribution in [1.29, 1.82) is 0 Å². The van der Waals surface area contributed by atoms with E-state index in [9.17, 15) is 18.5 Å². The van der Waals surface area contributed by atoms with E-state index in [1.807, 2.05) is 0 Å². The highest BCUT2D eigenvalue weighted by Gasteiger charge is 2.21. The van der Waals surface area contributed by atoms with Crippen LogP contribution in [-0.2, 0) is 10.0 Å². The maximum absolute atomic E-state index is 11.8. The molecule has 0 aliphatic rings. The van der Waals surface area contributed by atoms with Gasteiger partial charge in [0.25, 0.3) is 5.69 Å². The first-order valence-corrected chi connectivity index (χ1v) is 7.47. The minimum Gasteiger partial charge on any atom is -0.508 e. The van der Waals surface area contributed by atoms with Gasteiger partial charge in [0.1, 0.15) is 11.4 Å². The largest absolute Gasteiger partial charge is 0.508 e. The van der Waals surface area contributed by atoms with Crippen molar-refractivity contribution in [2.75, 3.05) is 16.4 Å². The number of nitro benzene ring substituents is 1. The lowest BCUT2D eigenvalue weighted by Gasteiger charge is -2.11. The summed E-state index contributed by atoms with van der Waals surface area (Å²) in [4.78, 5) is 10.0. The summed E-state index contributed by atoms with van der Waals surface area (Å²) in [6.45, 7) is 1.65. The van der Waals surface area contributed by atoms with E-state index in [0.29, 0.717) is 0 Å². The zero-order valence-electron chi connectivity index (χ0n) is 10.0. The van der Waals surface area contributed by atoms with Gasteiger partial charge in [-0.2, -0.15) is 0 Å². The van der Waals surface area contributed by atoms with E-state index in [4.69, 9.17) is 16.7 Å². The Balaban J connectivity index is 3.02. The van der Waals surface area contributed by atoms with Crippen LogP contribution in [0.4, 0.5) is 11.4 Å². The summed E-state index contributed by atoms with van der Waals surface area (Å²) in [5, 5.41) is 19.9. The summed E-state index contributed by atoms with van der Waals surface area (Å²) >= 11 is 5.53. The molecule has 1 aromatic carbocycles. The zero-order valence-corrected chi connectivity index (χ0v) is 11.6. The SMILES string of the molecule is CC(CCl)CS(=O)(=O)Nc1ccc(O)cc1[N+](=O)[O-]. The molecule has 0 aliphatic heterocycles. The first kappa shape index (κ1) is 15.5. The molecule has 1 rings (SSSR count). The predicted molar refractivity (Wildman–Crippen MR) is 72.1 cm³/mol. The zero-order chi connectivity index (χ0) is 14.6. The normalized spacial score (nSPS) is 12.9. The Morgan fingerprint density at radius 2 is 2.16 bits per heavy atom. The number of nitrogens with one attached hydrogen (secondary N) is 1. The summed E-state index contributed by atoms with van der Waals surface area (Å²) in [5.41, 5.74) is -0.702. The highest BCUT2D eigenvalue weighted by molar-refractivity contribution is 7.92. The highest BCUT2D eigenvalue weighted by Crippen LogP contribution is 2.29. The highest BCUT2D eigenvalue weighted by atomic mass is 35.5. The Bertz CT molecular complexity index is 575. The van der Waals surface area contributed by atoms with Crippen molar-refractivity contribution >= 4 is 33.0 Å². The molecule has 0 radical (unpaired) electrons. The van der Waals surface area contributed by atoms with Crippen LogP contribution >= 0.6 is 11.6 Å². The van der Waals surface area contributed by atoms with Gasteiger partial charge in [0.05, 0.1) is 16.7 Å². The second-order valence-corrected chi connectivity index (χ2v) is 6.18. The van der Waals surface area contributed by atoms with Crippen LogP contribution in [0.5, 0.6) is 5.75 Å². The van der Waals surface area contributed by atoms with Crippen molar-refractivity contribution < 1.29 is 18.4 Å². The van der Waals surface area contributed by atoms with Gasteiger partial charge in [-0.1, -0.05) is 6.92 Å². The van der Waals surface area contributed by atoms with Crippen LogP contribution in [0.3, 0.4) is 0 Å². The molecule has 0 aliphatic carbocycles. The molecule has 9 heteroatoms. The van der Waals surface area contributed by atoms with Gasteiger partial charge >= 0.3 is 0 Å². The van der Waals surface area contributed by atoms with Gasteiger partial charge in [-0.25, -0.2) is 8.42 Å². The Kier molecular flexibility index (Phi) is 4.96. The molecule has 0 aromatic heterocycles. The van der Waals surface area contributed by atoms with E-state index in [1.54, 1.807) is 6.92 Å². The van der Waals surface area contributed by atoms with Gasteiger partial charge in [0, 0.05) is 5.88 Å². The van der Waals surface area contributed by atoms with Crippen molar-refractivity contribution in [3.63, 3.8) is 0 Å². The summed E-state index contributed by atoms with van der Waals surface area (Å²) in [7, 11) is -3.74. The molecule has 106 valence electrons. The molecule has 0 bridgehead atoms. The van der Waals surface area contributed by atoms with Crippen molar-refractivity contribution in [2.45, 2.75) is 6.92 Å². The molecule has 0 amide bonds. The molecule has 0 saturated carbocycles. The van der Waals surface area contributed by atoms with E-state index in [1.165, 1.54) is 0 Å². The third kappa shape index (κ3) is 4.56. The third-order valence-corrected chi connectivity index (χ3v) is 4.28. The number of nitrogens with zero attached hydrogens (tertiary/aromatic N) is 1. The first-order valence-electron chi connectivity index (χ1n) is 5.29. The van der Waals surface area contributed by atoms with E-state index >= 15 is 0 Å². The number of rotatable bonds is 6. The van der Waals surface area contributed by atoms with Gasteiger partial charge in [-0.3, -0.25) is 14.8 Å². The molecule has 1 aromatic rings. The lowest BCUT2D eigenvalue weighted by molar-refractivity contribution is -0.384. The van der Waals surface area contributed by atoms with Gasteiger partial charge in [-0.15, -0.1) is 11.6 Å². The van der Waals surface area contributed by atoms with Crippen molar-refractivity contribution in [3.8, 4) is 5.75 Å². The van der Waals surface area contributed by atoms with Crippen molar-refractivity contribution in [3.05, 3.63) is 28.3 Å². The van der Waals surface area contributed by atoms with Crippen LogP contribution in [-0.4, -0.2) is 30.1 Å². The summed E-state index contributed by atoms with van der Waals surface area (Å²) in [6, 6.07) is 3.18. The number of hydrogen-bond donors (Lipinski definition) is 2. The predicted octanol–water partition coefficient (Wildman–Crippen LogP) is 1.92. The van der Waals surface area contributed by atoms with Gasteiger partial charge in [0.2, 0.25) is 10.0 Å². The molecule has 0 spiro atoms. The third-order valence-electron chi connectivity index (χ3n) is 2.21. The molecule has 7 nitrogen and oxygen atoms in total. The minimum atomic E-state index is -3.74. The van der Waals surface area contributed by atoms with Gasteiger partial charge in [-0.05, 0) is 18.1 Å². The topological polar surface area (TPSA) is 110 Å². The average Bonchev–Trinajstić information content (AvgIpc) is 2.30. The van der Waals surface area contributed by atoms with Crippen LogP contribution in [0.25, 0.3) is 0 Å². The lowest BCUT2D eigenvalue weighted by Crippen LogP contribution is -2.22. The van der Waals surface area contributed by atoms with Crippen molar-refractivity contribution in [1.82, 2.24) is 0 Å². The van der Waals surface area contributed by atoms with E-state index in [0.717, 1.165) is 18.2 Å². The Hall–Kier alpha value is -1.54. The molecule has 0 saturated heterocycles. The Morgan fingerprint density at radius 1 is 1.53 bits per heavy atom. The van der Waals surface area contributed by atoms with Crippen LogP contribution in [0.1, 0.15) is 6.92 Å². The second kappa shape index (κ2) is 6.07. The van der Waals surface area contributed by atoms with E-state index in [2.05, 4.69) is 4.72 Å². The number of alkyl halides is 1. The number of nitro groups is 1. The number of aromatic hydroxyl groups is 1. The quantitative estimate of drug-likeness (QED) is 0.361. The molecule has 1 atom stereocenters. The maximum Gasteiger partial charge on any atom is 0.296 e. The van der Waals surface area contributed by atoms with E-state index in [-0.39, 0.29) is 29.0 Å². The number of benzene rings is 1. The summed E-state index contributed by atoms with van der Waals surface area (Å²) < 4.78 is 25.7. The van der Waals surface area contributed by atoms with E-state index < -0.39 is 20.6 Å². The number of phenolic OH excluding ortho intramolecular Hbond substituents is 1. The number of anilines is 1. The number of halogens is 1. The number of phenols is 1. The van der Waals surface area contributed by atoms with Crippen LogP contribution in [0.2, 0.25) is 0 Å². The monoisotopic (exact) mass is 308 g/mol. The summed E-state index contributed by atoms with van der Waals surface area (Å²) in [6.07, 6.45) is 0. The van der Waals surface area contributed by atoms with Crippen LogP contribution in [0, 0.1) is 16.0 Å². The summed E-state index contributed by atoms with van der Waals surface area (Å²) in [5.74, 6) is -0.674. The molecule has 1 unspecified atom stereocenters. The number of hydrogen-bond acceptors (Lipinski definition) is 5. The first-order chi connectivity index (χ1) is 8.75. The fourth-order valence-corrected chi connectivity index (χ4v) is 3.08. The fourth-order valence-electron chi connectivity index (χ4n) is 1.39. The number of sulfonamides is 1. The maximum atomic E-state index is 11.8. The molecule has 0 heterocycles. The lowest BCUT2D eigenvalue weighted by atomic mass is 10.2. The van der Waals surface area contributed by atoms with Crippen molar-refractivity contribution in [2.24, 2.45) is 5.92 Å². The van der Waals surface area contributed by atoms with Gasteiger partial charge in [0.15, 0.2) is 0 Å². The second-order valence-electron chi connectivity index (χ2n) is 4.10. The molecule has 2 N–H and O–H groups in total. The molecular formula is C10H13ClN2O5S.